The topological polar surface area (TPSA) is 96.4 Å². The van der Waals surface area contributed by atoms with E-state index in [1.54, 1.807) is 18.3 Å². The first-order valence-corrected chi connectivity index (χ1v) is 13.7. The molecule has 0 aliphatic carbocycles. The average molecular weight is 663 g/mol. The van der Waals surface area contributed by atoms with Crippen molar-refractivity contribution in [2.75, 3.05) is 16.1 Å². The number of halogens is 3. The molecule has 5 rings (SSSR count). The molecule has 1 heterocycles. The first-order valence-electron chi connectivity index (χ1n) is 12.1. The molecule has 0 aliphatic heterocycles. The molecule has 0 saturated heterocycles. The van der Waals surface area contributed by atoms with Gasteiger partial charge in [-0.25, -0.2) is 9.82 Å². The van der Waals surface area contributed by atoms with Crippen LogP contribution in [0.1, 0.15) is 11.1 Å². The quantitative estimate of drug-likeness (QED) is 0.103. The Hall–Kier alpha value is -4.35. The van der Waals surface area contributed by atoms with Crippen LogP contribution in [-0.4, -0.2) is 21.2 Å². The summed E-state index contributed by atoms with van der Waals surface area (Å²) in [6.07, 6.45) is 1.64. The van der Waals surface area contributed by atoms with Crippen LogP contribution in [0.4, 0.5) is 33.6 Å². The maximum absolute atomic E-state index is 13.2. The van der Waals surface area contributed by atoms with Crippen molar-refractivity contribution < 1.29 is 9.13 Å². The van der Waals surface area contributed by atoms with Crippen LogP contribution in [0.25, 0.3) is 0 Å². The lowest BCUT2D eigenvalue weighted by molar-refractivity contribution is 0.302. The average Bonchev–Trinajstić information content (AvgIpc) is 2.95. The van der Waals surface area contributed by atoms with Gasteiger partial charge in [0.2, 0.25) is 17.8 Å². The van der Waals surface area contributed by atoms with Crippen LogP contribution < -0.4 is 20.8 Å². The fraction of sp³-hybridized carbons (Fsp3) is 0.0345. The standard InChI is InChI=1S/C29H22Br2FN7O/c30-24-15-20(16-25(31)26(24)40-18-19-11-13-21(32)14-12-19)17-33-39-29-37-27(34-22-7-3-1-4-8-22)36-28(38-29)35-23-9-5-2-6-10-23/h1-17H,18H2,(H3,34,35,36,37,38,39)/b33-17-. The van der Waals surface area contributed by atoms with Crippen molar-refractivity contribution >= 4 is 67.3 Å². The van der Waals surface area contributed by atoms with Gasteiger partial charge in [0.05, 0.1) is 15.2 Å². The molecule has 40 heavy (non-hydrogen) atoms. The molecule has 0 unspecified atom stereocenters. The minimum atomic E-state index is -0.284. The number of para-hydroxylation sites is 2. The van der Waals surface area contributed by atoms with Gasteiger partial charge in [-0.2, -0.15) is 20.1 Å². The van der Waals surface area contributed by atoms with E-state index in [0.29, 0.717) is 24.3 Å². The molecule has 0 saturated carbocycles. The summed E-state index contributed by atoms with van der Waals surface area (Å²) in [5.74, 6) is 1.30. The number of rotatable bonds is 10. The predicted molar refractivity (Wildman–Crippen MR) is 163 cm³/mol. The van der Waals surface area contributed by atoms with Crippen LogP contribution in [-0.2, 0) is 6.61 Å². The molecular weight excluding hydrogens is 641 g/mol. The minimum Gasteiger partial charge on any atom is -0.487 e. The van der Waals surface area contributed by atoms with Crippen LogP contribution in [0.3, 0.4) is 0 Å². The summed E-state index contributed by atoms with van der Waals surface area (Å²) in [7, 11) is 0. The van der Waals surface area contributed by atoms with E-state index in [1.807, 2.05) is 72.8 Å². The van der Waals surface area contributed by atoms with Crippen LogP contribution in [0.15, 0.2) is 111 Å². The number of anilines is 5. The Morgan fingerprint density at radius 1 is 0.725 bits per heavy atom. The smallest absolute Gasteiger partial charge is 0.250 e. The molecule has 0 amide bonds. The van der Waals surface area contributed by atoms with Gasteiger partial charge in [-0.3, -0.25) is 0 Å². The van der Waals surface area contributed by atoms with Gasteiger partial charge in [-0.05, 0) is 91.5 Å². The van der Waals surface area contributed by atoms with Crippen molar-refractivity contribution in [3.05, 3.63) is 123 Å². The van der Waals surface area contributed by atoms with E-state index < -0.39 is 0 Å². The lowest BCUT2D eigenvalue weighted by Gasteiger charge is -2.11. The second-order valence-corrected chi connectivity index (χ2v) is 10.1. The highest BCUT2D eigenvalue weighted by Gasteiger charge is 2.10. The molecule has 0 spiro atoms. The molecule has 4 aromatic carbocycles. The van der Waals surface area contributed by atoms with Gasteiger partial charge in [-0.15, -0.1) is 0 Å². The maximum atomic E-state index is 13.2. The van der Waals surface area contributed by atoms with E-state index in [-0.39, 0.29) is 11.8 Å². The summed E-state index contributed by atoms with van der Waals surface area (Å²) in [5, 5.41) is 10.7. The number of nitrogens with one attached hydrogen (secondary N) is 3. The summed E-state index contributed by atoms with van der Waals surface area (Å²) in [6, 6.07) is 29.2. The molecule has 0 bridgehead atoms. The number of hydrogen-bond acceptors (Lipinski definition) is 8. The summed E-state index contributed by atoms with van der Waals surface area (Å²) < 4.78 is 20.5. The van der Waals surface area contributed by atoms with Crippen LogP contribution in [0.5, 0.6) is 5.75 Å². The summed E-state index contributed by atoms with van der Waals surface area (Å²) in [4.78, 5) is 13.4. The number of hydrazone groups is 1. The number of aromatic nitrogens is 3. The van der Waals surface area contributed by atoms with Gasteiger partial charge < -0.3 is 15.4 Å². The Morgan fingerprint density at radius 2 is 1.25 bits per heavy atom. The summed E-state index contributed by atoms with van der Waals surface area (Å²) >= 11 is 7.11. The molecular formula is C29H22Br2FN7O. The van der Waals surface area contributed by atoms with Gasteiger partial charge in [0.1, 0.15) is 18.2 Å². The zero-order valence-corrected chi connectivity index (χ0v) is 24.0. The first kappa shape index (κ1) is 27.2. The zero-order valence-electron chi connectivity index (χ0n) is 20.9. The molecule has 0 atom stereocenters. The predicted octanol–water partition coefficient (Wildman–Crippen LogP) is 8.05. The molecule has 1 aromatic heterocycles. The Bertz CT molecular complexity index is 1520. The first-order chi connectivity index (χ1) is 19.5. The molecule has 11 heteroatoms. The van der Waals surface area contributed by atoms with E-state index >= 15 is 0 Å². The molecule has 8 nitrogen and oxygen atoms in total. The third kappa shape index (κ3) is 7.61. The number of hydrogen-bond donors (Lipinski definition) is 3. The van der Waals surface area contributed by atoms with Crippen LogP contribution in [0, 0.1) is 5.82 Å². The lowest BCUT2D eigenvalue weighted by atomic mass is 10.2. The Labute approximate surface area is 247 Å². The van der Waals surface area contributed by atoms with Gasteiger partial charge in [0.15, 0.2) is 0 Å². The maximum Gasteiger partial charge on any atom is 0.250 e. The second kappa shape index (κ2) is 13.1. The third-order valence-electron chi connectivity index (χ3n) is 5.39. The van der Waals surface area contributed by atoms with Crippen molar-refractivity contribution in [2.45, 2.75) is 6.61 Å². The van der Waals surface area contributed by atoms with E-state index in [0.717, 1.165) is 31.4 Å². The van der Waals surface area contributed by atoms with E-state index in [4.69, 9.17) is 4.74 Å². The van der Waals surface area contributed by atoms with Gasteiger partial charge in [-0.1, -0.05) is 48.5 Å². The highest BCUT2D eigenvalue weighted by molar-refractivity contribution is 9.11. The third-order valence-corrected chi connectivity index (χ3v) is 6.57. The number of ether oxygens (including phenoxy) is 1. The normalized spacial score (nSPS) is 10.9. The van der Waals surface area contributed by atoms with Crippen molar-refractivity contribution in [3.63, 3.8) is 0 Å². The fourth-order valence-corrected chi connectivity index (χ4v) is 4.98. The molecule has 200 valence electrons. The van der Waals surface area contributed by atoms with Crippen LogP contribution in [0.2, 0.25) is 0 Å². The van der Waals surface area contributed by atoms with E-state index in [1.165, 1.54) is 12.1 Å². The molecule has 5 aromatic rings. The minimum absolute atomic E-state index is 0.250. The Balaban J connectivity index is 1.30. The zero-order chi connectivity index (χ0) is 27.7. The SMILES string of the molecule is Fc1ccc(COc2c(Br)cc(/C=N\Nc3nc(Nc4ccccc4)nc(Nc4ccccc4)n3)cc2Br)cc1. The van der Waals surface area contributed by atoms with E-state index in [2.05, 4.69) is 68.0 Å². The summed E-state index contributed by atoms with van der Waals surface area (Å²) in [6.45, 7) is 0.296. The molecule has 3 N–H and O–H groups in total. The second-order valence-electron chi connectivity index (χ2n) is 8.39. The fourth-order valence-electron chi connectivity index (χ4n) is 3.53. The molecule has 0 radical (unpaired) electrons. The lowest BCUT2D eigenvalue weighted by Crippen LogP contribution is -2.07. The summed E-state index contributed by atoms with van der Waals surface area (Å²) in [5.41, 5.74) is 6.21. The highest BCUT2D eigenvalue weighted by atomic mass is 79.9. The van der Waals surface area contributed by atoms with Crippen LogP contribution >= 0.6 is 31.9 Å². The largest absolute Gasteiger partial charge is 0.487 e. The van der Waals surface area contributed by atoms with Gasteiger partial charge in [0, 0.05) is 11.4 Å². The highest BCUT2D eigenvalue weighted by Crippen LogP contribution is 2.35. The Morgan fingerprint density at radius 3 is 1.80 bits per heavy atom. The van der Waals surface area contributed by atoms with Crippen molar-refractivity contribution in [1.82, 2.24) is 15.0 Å². The van der Waals surface area contributed by atoms with Crippen molar-refractivity contribution in [1.29, 1.82) is 0 Å². The van der Waals surface area contributed by atoms with Crippen molar-refractivity contribution in [3.8, 4) is 5.75 Å². The Kier molecular flexibility index (Phi) is 8.94. The number of benzene rings is 4. The molecule has 0 aliphatic rings. The van der Waals surface area contributed by atoms with Gasteiger partial charge in [0.25, 0.3) is 0 Å². The molecule has 0 fully saturated rings. The number of nitrogens with zero attached hydrogens (tertiary/aromatic N) is 4. The van der Waals surface area contributed by atoms with Gasteiger partial charge >= 0.3 is 0 Å². The van der Waals surface area contributed by atoms with E-state index in [9.17, 15) is 4.39 Å². The van der Waals surface area contributed by atoms with Crippen molar-refractivity contribution in [2.24, 2.45) is 5.10 Å². The monoisotopic (exact) mass is 661 g/mol.